The van der Waals surface area contributed by atoms with E-state index < -0.39 is 6.10 Å². The lowest BCUT2D eigenvalue weighted by atomic mass is 10.1. The van der Waals surface area contributed by atoms with Crippen LogP contribution in [-0.2, 0) is 0 Å². The molecule has 2 N–H and O–H groups in total. The van der Waals surface area contributed by atoms with Crippen LogP contribution in [0.25, 0.3) is 0 Å². The van der Waals surface area contributed by atoms with Crippen LogP contribution in [-0.4, -0.2) is 30.8 Å². The maximum absolute atomic E-state index is 12.2. The summed E-state index contributed by atoms with van der Waals surface area (Å²) in [5, 5.41) is 12.7. The molecule has 0 bridgehead atoms. The zero-order valence-electron chi connectivity index (χ0n) is 14.0. The number of hydrogen-bond acceptors (Lipinski definition) is 5. The Morgan fingerprint density at radius 1 is 1.21 bits per heavy atom. The average molecular weight is 333 g/mol. The maximum Gasteiger partial charge on any atom is 0.251 e. The van der Waals surface area contributed by atoms with Gasteiger partial charge in [-0.2, -0.15) is 0 Å². The highest BCUT2D eigenvalue weighted by Crippen LogP contribution is 2.28. The minimum absolute atomic E-state index is 0.231. The van der Waals surface area contributed by atoms with E-state index in [0.717, 1.165) is 0 Å². The van der Waals surface area contributed by atoms with Gasteiger partial charge in [-0.25, -0.2) is 0 Å². The molecule has 1 aromatic heterocycles. The second-order valence-electron chi connectivity index (χ2n) is 5.10. The lowest BCUT2D eigenvalue weighted by Gasteiger charge is -2.13. The Morgan fingerprint density at radius 3 is 2.62 bits per heavy atom. The van der Waals surface area contributed by atoms with Crippen molar-refractivity contribution in [3.63, 3.8) is 0 Å². The van der Waals surface area contributed by atoms with E-state index in [2.05, 4.69) is 5.32 Å². The summed E-state index contributed by atoms with van der Waals surface area (Å²) in [6, 6.07) is 8.49. The fourth-order valence-corrected chi connectivity index (χ4v) is 2.24. The Balaban J connectivity index is 1.92. The SMILES string of the molecule is CCOc1ccc(C(=O)NCCC(O)c2ccco2)cc1OCC. The second-order valence-corrected chi connectivity index (χ2v) is 5.10. The molecule has 2 rings (SSSR count). The summed E-state index contributed by atoms with van der Waals surface area (Å²) in [4.78, 5) is 12.2. The highest BCUT2D eigenvalue weighted by molar-refractivity contribution is 5.94. The van der Waals surface area contributed by atoms with Crippen LogP contribution >= 0.6 is 0 Å². The predicted molar refractivity (Wildman–Crippen MR) is 89.4 cm³/mol. The van der Waals surface area contributed by atoms with Gasteiger partial charge in [0.1, 0.15) is 11.9 Å². The summed E-state index contributed by atoms with van der Waals surface area (Å²) >= 11 is 0. The minimum atomic E-state index is -0.736. The van der Waals surface area contributed by atoms with E-state index >= 15 is 0 Å². The van der Waals surface area contributed by atoms with E-state index in [1.54, 1.807) is 30.3 Å². The normalized spacial score (nSPS) is 11.8. The number of nitrogens with one attached hydrogen (secondary N) is 1. The monoisotopic (exact) mass is 333 g/mol. The summed E-state index contributed by atoms with van der Waals surface area (Å²) < 4.78 is 16.1. The van der Waals surface area contributed by atoms with Crippen molar-refractivity contribution in [3.05, 3.63) is 47.9 Å². The number of furan rings is 1. The average Bonchev–Trinajstić information content (AvgIpc) is 3.11. The zero-order valence-corrected chi connectivity index (χ0v) is 14.0. The molecular formula is C18H23NO5. The molecule has 130 valence electrons. The van der Waals surface area contributed by atoms with Crippen molar-refractivity contribution in [2.24, 2.45) is 0 Å². The number of ether oxygens (including phenoxy) is 2. The molecule has 6 nitrogen and oxygen atoms in total. The quantitative estimate of drug-likeness (QED) is 0.737. The van der Waals surface area contributed by atoms with Crippen molar-refractivity contribution < 1.29 is 23.8 Å². The number of amides is 1. The van der Waals surface area contributed by atoms with Crippen LogP contribution in [0.4, 0.5) is 0 Å². The van der Waals surface area contributed by atoms with Crippen molar-refractivity contribution in [1.29, 1.82) is 0 Å². The number of aliphatic hydroxyl groups is 1. The van der Waals surface area contributed by atoms with Gasteiger partial charge in [0.15, 0.2) is 11.5 Å². The molecule has 24 heavy (non-hydrogen) atoms. The summed E-state index contributed by atoms with van der Waals surface area (Å²) in [5.41, 5.74) is 0.481. The molecule has 1 unspecified atom stereocenters. The number of carbonyl (C=O) groups excluding carboxylic acids is 1. The maximum atomic E-state index is 12.2. The fraction of sp³-hybridized carbons (Fsp3) is 0.389. The molecule has 0 saturated carbocycles. The van der Waals surface area contributed by atoms with Gasteiger partial charge >= 0.3 is 0 Å². The van der Waals surface area contributed by atoms with Crippen molar-refractivity contribution in [1.82, 2.24) is 5.32 Å². The number of carbonyl (C=O) groups is 1. The Hall–Kier alpha value is -2.47. The molecule has 0 spiro atoms. The van der Waals surface area contributed by atoms with Gasteiger partial charge in [-0.3, -0.25) is 4.79 Å². The standard InChI is InChI=1S/C18H23NO5/c1-3-22-16-8-7-13(12-17(16)23-4-2)18(21)19-10-9-14(20)15-6-5-11-24-15/h5-8,11-12,14,20H,3-4,9-10H2,1-2H3,(H,19,21). The first-order valence-electron chi connectivity index (χ1n) is 8.05. The Bertz CT molecular complexity index is 639. The molecule has 0 aliphatic heterocycles. The van der Waals surface area contributed by atoms with E-state index in [-0.39, 0.29) is 5.91 Å². The molecule has 1 heterocycles. The zero-order chi connectivity index (χ0) is 17.4. The van der Waals surface area contributed by atoms with Crippen molar-refractivity contribution >= 4 is 5.91 Å². The molecule has 1 amide bonds. The molecule has 0 aliphatic carbocycles. The third-order valence-electron chi connectivity index (χ3n) is 3.38. The summed E-state index contributed by atoms with van der Waals surface area (Å²) in [6.45, 7) is 5.10. The Kier molecular flexibility index (Phi) is 6.69. The van der Waals surface area contributed by atoms with Gasteiger partial charge in [-0.15, -0.1) is 0 Å². The van der Waals surface area contributed by atoms with Crippen molar-refractivity contribution in [2.75, 3.05) is 19.8 Å². The number of hydrogen-bond donors (Lipinski definition) is 2. The van der Waals surface area contributed by atoms with E-state index in [0.29, 0.717) is 49.0 Å². The van der Waals surface area contributed by atoms with Crippen LogP contribution in [0.2, 0.25) is 0 Å². The molecule has 1 atom stereocenters. The van der Waals surface area contributed by atoms with Crippen LogP contribution in [0.1, 0.15) is 42.5 Å². The lowest BCUT2D eigenvalue weighted by molar-refractivity contribution is 0.0935. The first-order valence-corrected chi connectivity index (χ1v) is 8.05. The smallest absolute Gasteiger partial charge is 0.251 e. The predicted octanol–water partition coefficient (Wildman–Crippen LogP) is 2.93. The summed E-state index contributed by atoms with van der Waals surface area (Å²) in [6.07, 6.45) is 1.14. The third-order valence-corrected chi connectivity index (χ3v) is 3.38. The van der Waals surface area contributed by atoms with Gasteiger partial charge in [0.05, 0.1) is 19.5 Å². The van der Waals surface area contributed by atoms with Crippen LogP contribution in [0.3, 0.4) is 0 Å². The lowest BCUT2D eigenvalue weighted by Crippen LogP contribution is -2.25. The summed E-state index contributed by atoms with van der Waals surface area (Å²) in [5.74, 6) is 1.42. The largest absolute Gasteiger partial charge is 0.490 e. The highest BCUT2D eigenvalue weighted by Gasteiger charge is 2.13. The molecule has 0 aliphatic rings. The van der Waals surface area contributed by atoms with Gasteiger partial charge in [0.25, 0.3) is 5.91 Å². The number of benzene rings is 1. The minimum Gasteiger partial charge on any atom is -0.490 e. The fourth-order valence-electron chi connectivity index (χ4n) is 2.24. The van der Waals surface area contributed by atoms with Gasteiger partial charge < -0.3 is 24.3 Å². The van der Waals surface area contributed by atoms with E-state index in [4.69, 9.17) is 13.9 Å². The van der Waals surface area contributed by atoms with Crippen LogP contribution in [0.15, 0.2) is 41.0 Å². The second kappa shape index (κ2) is 8.98. The van der Waals surface area contributed by atoms with E-state index in [9.17, 15) is 9.90 Å². The van der Waals surface area contributed by atoms with Gasteiger partial charge in [0.2, 0.25) is 0 Å². The topological polar surface area (TPSA) is 80.9 Å². The molecule has 6 heteroatoms. The molecule has 0 fully saturated rings. The highest BCUT2D eigenvalue weighted by atomic mass is 16.5. The van der Waals surface area contributed by atoms with Crippen LogP contribution in [0.5, 0.6) is 11.5 Å². The van der Waals surface area contributed by atoms with Gasteiger partial charge in [-0.1, -0.05) is 0 Å². The van der Waals surface area contributed by atoms with Crippen molar-refractivity contribution in [3.8, 4) is 11.5 Å². The Morgan fingerprint density at radius 2 is 1.96 bits per heavy atom. The Labute approximate surface area is 141 Å². The van der Waals surface area contributed by atoms with Crippen LogP contribution in [0, 0.1) is 0 Å². The van der Waals surface area contributed by atoms with E-state index in [1.165, 1.54) is 6.26 Å². The van der Waals surface area contributed by atoms with Crippen LogP contribution < -0.4 is 14.8 Å². The molecule has 0 saturated heterocycles. The number of rotatable bonds is 9. The molecular weight excluding hydrogens is 310 g/mol. The van der Waals surface area contributed by atoms with Gasteiger partial charge in [0, 0.05) is 12.1 Å². The van der Waals surface area contributed by atoms with Crippen molar-refractivity contribution in [2.45, 2.75) is 26.4 Å². The molecule has 0 radical (unpaired) electrons. The number of aliphatic hydroxyl groups excluding tert-OH is 1. The van der Waals surface area contributed by atoms with Gasteiger partial charge in [-0.05, 0) is 50.6 Å². The first kappa shape index (κ1) is 17.9. The first-order chi connectivity index (χ1) is 11.7. The summed E-state index contributed by atoms with van der Waals surface area (Å²) in [7, 11) is 0. The third kappa shape index (κ3) is 4.76. The molecule has 2 aromatic rings. The van der Waals surface area contributed by atoms with E-state index in [1.807, 2.05) is 13.8 Å². The molecule has 1 aromatic carbocycles.